The van der Waals surface area contributed by atoms with Gasteiger partial charge in [0.1, 0.15) is 5.82 Å². The van der Waals surface area contributed by atoms with Crippen molar-refractivity contribution in [1.29, 1.82) is 0 Å². The molecule has 0 saturated carbocycles. The van der Waals surface area contributed by atoms with Crippen LogP contribution in [-0.4, -0.2) is 52.1 Å². The molecular weight excluding hydrogens is 465 g/mol. The molecule has 1 atom stereocenters. The van der Waals surface area contributed by atoms with E-state index in [9.17, 15) is 17.6 Å². The van der Waals surface area contributed by atoms with Gasteiger partial charge in [0.15, 0.2) is 0 Å². The molecule has 33 heavy (non-hydrogen) atoms. The second-order valence-corrected chi connectivity index (χ2v) is 10.2. The van der Waals surface area contributed by atoms with Crippen LogP contribution in [-0.2, 0) is 14.8 Å². The van der Waals surface area contributed by atoms with Gasteiger partial charge >= 0.3 is 0 Å². The van der Waals surface area contributed by atoms with E-state index in [1.165, 1.54) is 42.5 Å². The monoisotopic (exact) mass is 489 g/mol. The molecule has 4 rings (SSSR count). The zero-order valence-corrected chi connectivity index (χ0v) is 19.4. The van der Waals surface area contributed by atoms with Gasteiger partial charge in [-0.3, -0.25) is 14.4 Å². The van der Waals surface area contributed by atoms with Crippen LogP contribution >= 0.6 is 11.3 Å². The minimum atomic E-state index is -3.94. The van der Waals surface area contributed by atoms with Crippen LogP contribution in [0.5, 0.6) is 0 Å². The molecule has 1 aliphatic heterocycles. The van der Waals surface area contributed by atoms with Crippen molar-refractivity contribution < 1.29 is 22.3 Å². The zero-order valence-electron chi connectivity index (χ0n) is 17.7. The molecule has 0 spiro atoms. The van der Waals surface area contributed by atoms with Gasteiger partial charge < -0.3 is 10.1 Å². The average Bonchev–Trinajstić information content (AvgIpc) is 3.36. The lowest BCUT2D eigenvalue weighted by Gasteiger charge is -2.34. The quantitative estimate of drug-likeness (QED) is 0.506. The summed E-state index contributed by atoms with van der Waals surface area (Å²) >= 11 is 1.63. The molecule has 1 amide bonds. The first-order valence-electron chi connectivity index (χ1n) is 10.4. The Morgan fingerprint density at radius 3 is 2.55 bits per heavy atom. The van der Waals surface area contributed by atoms with Gasteiger partial charge in [0.25, 0.3) is 15.9 Å². The summed E-state index contributed by atoms with van der Waals surface area (Å²) in [7, 11) is -3.94. The Balaban J connectivity index is 1.46. The van der Waals surface area contributed by atoms with Crippen LogP contribution in [0.2, 0.25) is 0 Å². The second-order valence-electron chi connectivity index (χ2n) is 7.53. The van der Waals surface area contributed by atoms with Gasteiger partial charge in [-0.15, -0.1) is 11.3 Å². The molecule has 174 valence electrons. The Morgan fingerprint density at radius 1 is 1.09 bits per heavy atom. The van der Waals surface area contributed by atoms with E-state index in [4.69, 9.17) is 4.74 Å². The van der Waals surface area contributed by atoms with Crippen LogP contribution in [0.25, 0.3) is 0 Å². The lowest BCUT2D eigenvalue weighted by atomic mass is 10.1. The third-order valence-corrected chi connectivity index (χ3v) is 7.67. The van der Waals surface area contributed by atoms with E-state index in [1.54, 1.807) is 17.4 Å². The third-order valence-electron chi connectivity index (χ3n) is 5.32. The second kappa shape index (κ2) is 10.4. The molecule has 0 unspecified atom stereocenters. The van der Waals surface area contributed by atoms with E-state index in [0.717, 1.165) is 18.0 Å². The lowest BCUT2D eigenvalue weighted by molar-refractivity contribution is 0.0169. The predicted molar refractivity (Wildman–Crippen MR) is 125 cm³/mol. The topological polar surface area (TPSA) is 87.7 Å². The summed E-state index contributed by atoms with van der Waals surface area (Å²) in [6, 6.07) is 14.9. The lowest BCUT2D eigenvalue weighted by Crippen LogP contribution is -2.43. The number of ether oxygens (including phenoxy) is 1. The molecule has 1 saturated heterocycles. The maximum absolute atomic E-state index is 13.1. The number of rotatable bonds is 8. The predicted octanol–water partition coefficient (Wildman–Crippen LogP) is 3.49. The fourth-order valence-electron chi connectivity index (χ4n) is 3.61. The zero-order chi connectivity index (χ0) is 23.3. The van der Waals surface area contributed by atoms with Crippen LogP contribution < -0.4 is 10.0 Å². The van der Waals surface area contributed by atoms with Crippen LogP contribution in [0.4, 0.5) is 10.1 Å². The summed E-state index contributed by atoms with van der Waals surface area (Å²) in [5, 5.41) is 4.95. The highest BCUT2D eigenvalue weighted by molar-refractivity contribution is 7.92. The summed E-state index contributed by atoms with van der Waals surface area (Å²) in [5.41, 5.74) is 0.472. The van der Waals surface area contributed by atoms with Crippen molar-refractivity contribution in [3.63, 3.8) is 0 Å². The highest BCUT2D eigenvalue weighted by Gasteiger charge is 2.24. The molecule has 2 aromatic carbocycles. The standard InChI is InChI=1S/C23H24FN3O4S2/c24-18-6-8-19(9-7-18)26-33(29,30)20-4-1-3-17(15-20)23(28)25-16-21(22-5-2-14-32-22)27-10-12-31-13-11-27/h1-9,14-15,21,26H,10-13,16H2,(H,25,28)/t21-/m0/s1. The number of morpholine rings is 1. The van der Waals surface area contributed by atoms with E-state index in [0.29, 0.717) is 19.8 Å². The molecular formula is C23H24FN3O4S2. The number of halogens is 1. The van der Waals surface area contributed by atoms with Gasteiger partial charge in [-0.25, -0.2) is 12.8 Å². The fourth-order valence-corrected chi connectivity index (χ4v) is 5.57. The van der Waals surface area contributed by atoms with Gasteiger partial charge in [-0.05, 0) is 53.9 Å². The summed E-state index contributed by atoms with van der Waals surface area (Å²) in [4.78, 5) is 16.2. The van der Waals surface area contributed by atoms with Gasteiger partial charge in [0, 0.05) is 35.8 Å². The number of thiophene rings is 1. The number of carbonyl (C=O) groups excluding carboxylic acids is 1. The van der Waals surface area contributed by atoms with Crippen molar-refractivity contribution in [2.45, 2.75) is 10.9 Å². The van der Waals surface area contributed by atoms with Gasteiger partial charge in [-0.1, -0.05) is 12.1 Å². The number of nitrogens with one attached hydrogen (secondary N) is 2. The van der Waals surface area contributed by atoms with Crippen molar-refractivity contribution in [1.82, 2.24) is 10.2 Å². The van der Waals surface area contributed by atoms with Crippen molar-refractivity contribution in [3.05, 3.63) is 82.3 Å². The van der Waals surface area contributed by atoms with Gasteiger partial charge in [0.2, 0.25) is 0 Å². The van der Waals surface area contributed by atoms with Gasteiger partial charge in [0.05, 0.1) is 24.2 Å². The number of amides is 1. The first-order valence-corrected chi connectivity index (χ1v) is 12.8. The molecule has 2 N–H and O–H groups in total. The van der Waals surface area contributed by atoms with E-state index in [-0.39, 0.29) is 28.1 Å². The molecule has 1 fully saturated rings. The highest BCUT2D eigenvalue weighted by atomic mass is 32.2. The molecule has 0 bridgehead atoms. The largest absolute Gasteiger partial charge is 0.379 e. The number of carbonyl (C=O) groups is 1. The molecule has 0 aliphatic carbocycles. The van der Waals surface area contributed by atoms with E-state index >= 15 is 0 Å². The normalized spacial score (nSPS) is 15.7. The number of benzene rings is 2. The van der Waals surface area contributed by atoms with Crippen LogP contribution in [0.3, 0.4) is 0 Å². The third kappa shape index (κ3) is 5.97. The number of hydrogen-bond acceptors (Lipinski definition) is 6. The van der Waals surface area contributed by atoms with Crippen molar-refractivity contribution in [2.75, 3.05) is 37.6 Å². The molecule has 2 heterocycles. The first-order chi connectivity index (χ1) is 15.9. The van der Waals surface area contributed by atoms with E-state index < -0.39 is 15.8 Å². The van der Waals surface area contributed by atoms with Gasteiger partial charge in [-0.2, -0.15) is 0 Å². The van der Waals surface area contributed by atoms with E-state index in [1.807, 2.05) is 17.5 Å². The van der Waals surface area contributed by atoms with Crippen LogP contribution in [0, 0.1) is 5.82 Å². The smallest absolute Gasteiger partial charge is 0.261 e. The Bertz CT molecular complexity index is 1180. The molecule has 0 radical (unpaired) electrons. The maximum atomic E-state index is 13.1. The summed E-state index contributed by atoms with van der Waals surface area (Å²) in [5.74, 6) is -0.821. The Morgan fingerprint density at radius 2 is 1.85 bits per heavy atom. The molecule has 1 aromatic heterocycles. The van der Waals surface area contributed by atoms with E-state index in [2.05, 4.69) is 14.9 Å². The number of anilines is 1. The summed E-state index contributed by atoms with van der Waals surface area (Å²) in [6.07, 6.45) is 0. The number of hydrogen-bond donors (Lipinski definition) is 2. The molecule has 3 aromatic rings. The highest BCUT2D eigenvalue weighted by Crippen LogP contribution is 2.25. The van der Waals surface area contributed by atoms with Crippen molar-refractivity contribution in [3.8, 4) is 0 Å². The number of sulfonamides is 1. The SMILES string of the molecule is O=C(NC[C@@H](c1cccs1)N1CCOCC1)c1cccc(S(=O)(=O)Nc2ccc(F)cc2)c1. The van der Waals surface area contributed by atoms with Crippen LogP contribution in [0.1, 0.15) is 21.3 Å². The van der Waals surface area contributed by atoms with Crippen molar-refractivity contribution >= 4 is 33.0 Å². The van der Waals surface area contributed by atoms with Crippen LogP contribution in [0.15, 0.2) is 70.9 Å². The average molecular weight is 490 g/mol. The fraction of sp³-hybridized carbons (Fsp3) is 0.261. The maximum Gasteiger partial charge on any atom is 0.261 e. The Labute approximate surface area is 196 Å². The Kier molecular flexibility index (Phi) is 7.39. The Hall–Kier alpha value is -2.79. The molecule has 1 aliphatic rings. The summed E-state index contributed by atoms with van der Waals surface area (Å²) in [6.45, 7) is 3.25. The minimum absolute atomic E-state index is 0.0184. The molecule has 7 nitrogen and oxygen atoms in total. The molecule has 10 heteroatoms. The minimum Gasteiger partial charge on any atom is -0.379 e. The first kappa shape index (κ1) is 23.4. The number of nitrogens with zero attached hydrogens (tertiary/aromatic N) is 1. The van der Waals surface area contributed by atoms with Crippen molar-refractivity contribution in [2.24, 2.45) is 0 Å². The summed E-state index contributed by atoms with van der Waals surface area (Å²) < 4.78 is 46.4.